The number of rotatable bonds is 1. The van der Waals surface area contributed by atoms with Gasteiger partial charge in [-0.05, 0) is 36.8 Å². The fourth-order valence-electron chi connectivity index (χ4n) is 3.81. The normalized spacial score (nSPS) is 14.1. The van der Waals surface area contributed by atoms with Gasteiger partial charge in [0.05, 0.1) is 5.69 Å². The molecule has 5 heteroatoms. The molecule has 1 aliphatic rings. The van der Waals surface area contributed by atoms with Gasteiger partial charge in [-0.3, -0.25) is 0 Å². The Labute approximate surface area is 148 Å². The number of benzene rings is 1. The minimum Gasteiger partial charge on any atom is -0.408 e. The Morgan fingerprint density at radius 2 is 1.80 bits per heavy atom. The van der Waals surface area contributed by atoms with E-state index in [1.807, 2.05) is 18.2 Å². The number of hydrogen-bond acceptors (Lipinski definition) is 5. The first-order valence-corrected chi connectivity index (χ1v) is 9.35. The molecule has 5 rings (SSSR count). The maximum atomic E-state index is 12.3. The van der Waals surface area contributed by atoms with Crippen molar-refractivity contribution in [3.05, 3.63) is 57.8 Å². The van der Waals surface area contributed by atoms with Crippen molar-refractivity contribution in [1.82, 2.24) is 9.97 Å². The topological polar surface area (TPSA) is 56.0 Å². The number of hydrogen-bond donors (Lipinski definition) is 0. The van der Waals surface area contributed by atoms with Gasteiger partial charge in [-0.1, -0.05) is 30.3 Å². The van der Waals surface area contributed by atoms with Crippen molar-refractivity contribution in [2.75, 3.05) is 0 Å². The number of nitrogens with zero attached hydrogens (tertiary/aromatic N) is 2. The average Bonchev–Trinajstić information content (AvgIpc) is 3.01. The van der Waals surface area contributed by atoms with Crippen LogP contribution < -0.4 is 5.63 Å². The Balaban J connectivity index is 1.95. The monoisotopic (exact) mass is 348 g/mol. The molecule has 124 valence electrons. The Kier molecular flexibility index (Phi) is 3.25. The van der Waals surface area contributed by atoms with Gasteiger partial charge in [0, 0.05) is 17.9 Å². The maximum absolute atomic E-state index is 12.3. The molecule has 4 aromatic rings. The van der Waals surface area contributed by atoms with Crippen LogP contribution in [0.1, 0.15) is 29.9 Å². The van der Waals surface area contributed by atoms with Crippen LogP contribution in [0.3, 0.4) is 0 Å². The first kappa shape index (κ1) is 14.8. The highest BCUT2D eigenvalue weighted by molar-refractivity contribution is 7.25. The summed E-state index contributed by atoms with van der Waals surface area (Å²) in [5, 5.41) is 1.06. The second-order valence-electron chi connectivity index (χ2n) is 6.47. The fourth-order valence-corrected chi connectivity index (χ4v) is 4.84. The summed E-state index contributed by atoms with van der Waals surface area (Å²) in [6, 6.07) is 10.3. The summed E-state index contributed by atoms with van der Waals surface area (Å²) in [7, 11) is 0. The van der Waals surface area contributed by atoms with Gasteiger partial charge in [-0.15, -0.1) is 11.3 Å². The van der Waals surface area contributed by atoms with E-state index in [1.165, 1.54) is 28.9 Å². The molecule has 0 spiro atoms. The van der Waals surface area contributed by atoms with Gasteiger partial charge >= 0.3 is 5.63 Å². The summed E-state index contributed by atoms with van der Waals surface area (Å²) in [6.07, 6.45) is 4.38. The smallest absolute Gasteiger partial charge is 0.357 e. The third kappa shape index (κ3) is 2.23. The molecule has 4 nitrogen and oxygen atoms in total. The number of thiophene rings is 1. The average molecular weight is 348 g/mol. The van der Waals surface area contributed by atoms with Crippen LogP contribution in [-0.4, -0.2) is 9.97 Å². The highest BCUT2D eigenvalue weighted by Gasteiger charge is 2.24. The molecule has 0 saturated heterocycles. The lowest BCUT2D eigenvalue weighted by Crippen LogP contribution is -2.07. The second-order valence-corrected chi connectivity index (χ2v) is 7.47. The van der Waals surface area contributed by atoms with E-state index in [9.17, 15) is 4.79 Å². The first-order chi connectivity index (χ1) is 12.2. The zero-order valence-corrected chi connectivity index (χ0v) is 14.7. The molecule has 0 unspecified atom stereocenters. The van der Waals surface area contributed by atoms with Gasteiger partial charge in [-0.2, -0.15) is 0 Å². The summed E-state index contributed by atoms with van der Waals surface area (Å²) in [5.74, 6) is 0.411. The van der Waals surface area contributed by atoms with E-state index in [-0.39, 0.29) is 5.63 Å². The van der Waals surface area contributed by atoms with Crippen LogP contribution in [0.5, 0.6) is 0 Å². The fraction of sp³-hybridized carbons (Fsp3) is 0.250. The van der Waals surface area contributed by atoms with Gasteiger partial charge in [0.25, 0.3) is 0 Å². The number of aromatic nitrogens is 2. The van der Waals surface area contributed by atoms with Crippen LogP contribution in [-0.2, 0) is 12.8 Å². The van der Waals surface area contributed by atoms with Crippen molar-refractivity contribution in [2.45, 2.75) is 32.6 Å². The summed E-state index contributed by atoms with van der Waals surface area (Å²) >= 11 is 1.40. The Hall–Kier alpha value is -2.53. The van der Waals surface area contributed by atoms with Crippen LogP contribution in [0.4, 0.5) is 0 Å². The zero-order valence-electron chi connectivity index (χ0n) is 13.8. The first-order valence-electron chi connectivity index (χ1n) is 8.53. The molecule has 0 saturated carbocycles. The third-order valence-electron chi connectivity index (χ3n) is 4.88. The van der Waals surface area contributed by atoms with Crippen LogP contribution in [0.2, 0.25) is 0 Å². The molecular formula is C20H16N2O2S. The van der Waals surface area contributed by atoms with Crippen LogP contribution in [0, 0.1) is 6.92 Å². The highest BCUT2D eigenvalue weighted by Crippen LogP contribution is 2.40. The molecular weight excluding hydrogens is 332 g/mol. The molecule has 0 radical (unpaired) electrons. The maximum Gasteiger partial charge on any atom is 0.357 e. The minimum absolute atomic E-state index is 0.309. The van der Waals surface area contributed by atoms with Gasteiger partial charge in [0.15, 0.2) is 5.89 Å². The van der Waals surface area contributed by atoms with Crippen molar-refractivity contribution in [3.8, 4) is 11.3 Å². The van der Waals surface area contributed by atoms with Gasteiger partial charge in [0.1, 0.15) is 15.0 Å². The van der Waals surface area contributed by atoms with E-state index >= 15 is 0 Å². The molecule has 0 bridgehead atoms. The Bertz CT molecular complexity index is 1180. The molecule has 0 amide bonds. The van der Waals surface area contributed by atoms with Gasteiger partial charge < -0.3 is 4.42 Å². The summed E-state index contributed by atoms with van der Waals surface area (Å²) in [5.41, 5.74) is 5.28. The minimum atomic E-state index is -0.309. The summed E-state index contributed by atoms with van der Waals surface area (Å²) in [6.45, 7) is 1.72. The molecule has 0 fully saturated rings. The van der Waals surface area contributed by atoms with E-state index < -0.39 is 0 Å². The van der Waals surface area contributed by atoms with E-state index in [0.717, 1.165) is 46.3 Å². The lowest BCUT2D eigenvalue weighted by molar-refractivity contribution is 0.468. The van der Waals surface area contributed by atoms with Crippen molar-refractivity contribution in [1.29, 1.82) is 0 Å². The summed E-state index contributed by atoms with van der Waals surface area (Å²) < 4.78 is 5.77. The molecule has 1 aromatic carbocycles. The van der Waals surface area contributed by atoms with Crippen molar-refractivity contribution in [2.24, 2.45) is 0 Å². The molecule has 1 aliphatic carbocycles. The van der Waals surface area contributed by atoms with Crippen molar-refractivity contribution >= 4 is 31.8 Å². The quantitative estimate of drug-likeness (QED) is 0.502. The Morgan fingerprint density at radius 1 is 1.04 bits per heavy atom. The van der Waals surface area contributed by atoms with E-state index in [4.69, 9.17) is 9.40 Å². The van der Waals surface area contributed by atoms with Crippen molar-refractivity contribution < 1.29 is 4.42 Å². The largest absolute Gasteiger partial charge is 0.408 e. The van der Waals surface area contributed by atoms with Crippen LogP contribution in [0.15, 0.2) is 39.5 Å². The van der Waals surface area contributed by atoms with E-state index in [0.29, 0.717) is 10.6 Å². The van der Waals surface area contributed by atoms with Gasteiger partial charge in [0.2, 0.25) is 0 Å². The van der Waals surface area contributed by atoms with E-state index in [1.54, 1.807) is 6.92 Å². The lowest BCUT2D eigenvalue weighted by atomic mass is 9.87. The van der Waals surface area contributed by atoms with Crippen LogP contribution in [0.25, 0.3) is 31.7 Å². The molecule has 0 aliphatic heterocycles. The SMILES string of the molecule is Cc1nc2c(sc3nc(-c4ccccc4)c4c(c32)CCCC4)c(=O)o1. The molecule has 0 N–H and O–H groups in total. The zero-order chi connectivity index (χ0) is 17.0. The third-order valence-corrected chi connectivity index (χ3v) is 5.93. The lowest BCUT2D eigenvalue weighted by Gasteiger charge is -2.20. The number of fused-ring (bicyclic) bond motifs is 5. The number of pyridine rings is 1. The van der Waals surface area contributed by atoms with Crippen LogP contribution >= 0.6 is 11.3 Å². The molecule has 3 heterocycles. The standard InChI is InChI=1S/C20H16N2O2S/c1-11-21-17-15-13-9-5-6-10-14(13)16(12-7-3-2-4-8-12)22-19(15)25-18(17)20(23)24-11/h2-4,7-8H,5-6,9-10H2,1H3. The number of aryl methyl sites for hydroxylation is 2. The predicted molar refractivity (Wildman–Crippen MR) is 100 cm³/mol. The van der Waals surface area contributed by atoms with E-state index in [2.05, 4.69) is 17.1 Å². The van der Waals surface area contributed by atoms with Gasteiger partial charge in [-0.25, -0.2) is 14.8 Å². The second kappa shape index (κ2) is 5.49. The molecule has 3 aromatic heterocycles. The Morgan fingerprint density at radius 3 is 2.60 bits per heavy atom. The van der Waals surface area contributed by atoms with Crippen molar-refractivity contribution in [3.63, 3.8) is 0 Å². The summed E-state index contributed by atoms with van der Waals surface area (Å²) in [4.78, 5) is 22.7. The highest BCUT2D eigenvalue weighted by atomic mass is 32.1. The predicted octanol–water partition coefficient (Wildman–Crippen LogP) is 4.65. The molecule has 0 atom stereocenters. The molecule has 25 heavy (non-hydrogen) atoms.